The summed E-state index contributed by atoms with van der Waals surface area (Å²) in [6, 6.07) is 0. The van der Waals surface area contributed by atoms with Crippen LogP contribution in [0.2, 0.25) is 5.02 Å². The van der Waals surface area contributed by atoms with Crippen LogP contribution in [0.3, 0.4) is 0 Å². The van der Waals surface area contributed by atoms with E-state index in [-0.39, 0.29) is 5.56 Å². The van der Waals surface area contributed by atoms with Gasteiger partial charge in [-0.1, -0.05) is 18.5 Å². The molecule has 2 aromatic heterocycles. The summed E-state index contributed by atoms with van der Waals surface area (Å²) in [6.45, 7) is 1.97. The van der Waals surface area contributed by atoms with E-state index in [0.717, 1.165) is 12.1 Å². The molecular formula is C10H9Cl2N3O. The third kappa shape index (κ3) is 1.58. The van der Waals surface area contributed by atoms with Gasteiger partial charge in [0.1, 0.15) is 0 Å². The third-order valence-electron chi connectivity index (χ3n) is 2.41. The minimum absolute atomic E-state index is 0.221. The van der Waals surface area contributed by atoms with Gasteiger partial charge in [-0.25, -0.2) is 4.98 Å². The topological polar surface area (TPSA) is 47.8 Å². The van der Waals surface area contributed by atoms with E-state index in [2.05, 4.69) is 10.1 Å². The molecule has 0 N–H and O–H groups in total. The van der Waals surface area contributed by atoms with Gasteiger partial charge in [-0.3, -0.25) is 9.48 Å². The quantitative estimate of drug-likeness (QED) is 0.778. The molecule has 0 radical (unpaired) electrons. The minimum Gasteiger partial charge on any atom is -0.275 e. The lowest BCUT2D eigenvalue weighted by atomic mass is 10.2. The molecule has 2 heterocycles. The fourth-order valence-electron chi connectivity index (χ4n) is 1.64. The molecule has 0 aliphatic heterocycles. The number of nitrogens with zero attached hydrogens (tertiary/aromatic N) is 3. The van der Waals surface area contributed by atoms with Gasteiger partial charge in [0, 0.05) is 13.2 Å². The molecule has 4 nitrogen and oxygen atoms in total. The number of rotatable bonds is 2. The van der Waals surface area contributed by atoms with Crippen LogP contribution in [0.5, 0.6) is 0 Å². The van der Waals surface area contributed by atoms with Crippen LogP contribution in [-0.4, -0.2) is 20.0 Å². The fourth-order valence-corrected chi connectivity index (χ4v) is 2.16. The van der Waals surface area contributed by atoms with Gasteiger partial charge in [-0.15, -0.1) is 0 Å². The number of halogens is 2. The van der Waals surface area contributed by atoms with Gasteiger partial charge in [-0.2, -0.15) is 5.10 Å². The standard InChI is InChI=1S/C10H9Cl2N3O/c1-3-6-7-8(11)5(9(12)16)4-13-10(7)15(2)14-6/h4H,3H2,1-2H3. The molecule has 84 valence electrons. The second-order valence-electron chi connectivity index (χ2n) is 3.38. The SMILES string of the molecule is CCc1nn(C)c2ncc(C(=O)Cl)c(Cl)c12. The molecule has 0 aliphatic carbocycles. The number of hydrogen-bond donors (Lipinski definition) is 0. The maximum Gasteiger partial charge on any atom is 0.255 e. The van der Waals surface area contributed by atoms with E-state index in [4.69, 9.17) is 23.2 Å². The lowest BCUT2D eigenvalue weighted by Crippen LogP contribution is -1.95. The summed E-state index contributed by atoms with van der Waals surface area (Å²) in [5, 5.41) is 4.71. The summed E-state index contributed by atoms with van der Waals surface area (Å²) in [5.74, 6) is 0. The predicted octanol–water partition coefficient (Wildman–Crippen LogP) is 2.56. The number of aryl methyl sites for hydroxylation is 2. The van der Waals surface area contributed by atoms with E-state index < -0.39 is 5.24 Å². The van der Waals surface area contributed by atoms with Gasteiger partial charge in [0.15, 0.2) is 5.65 Å². The summed E-state index contributed by atoms with van der Waals surface area (Å²) in [4.78, 5) is 15.3. The number of carbonyl (C=O) groups excluding carboxylic acids is 1. The second kappa shape index (κ2) is 4.03. The van der Waals surface area contributed by atoms with Crippen LogP contribution in [0.15, 0.2) is 6.20 Å². The van der Waals surface area contributed by atoms with E-state index in [1.807, 2.05) is 6.92 Å². The Bertz CT molecular complexity index is 577. The molecule has 0 aliphatic rings. The largest absolute Gasteiger partial charge is 0.275 e. The Morgan fingerprint density at radius 3 is 2.81 bits per heavy atom. The maximum atomic E-state index is 11.1. The van der Waals surface area contributed by atoms with Crippen molar-refractivity contribution in [1.82, 2.24) is 14.8 Å². The lowest BCUT2D eigenvalue weighted by Gasteiger charge is -2.00. The molecule has 0 atom stereocenters. The molecule has 6 heteroatoms. The fraction of sp³-hybridized carbons (Fsp3) is 0.300. The van der Waals surface area contributed by atoms with Gasteiger partial charge >= 0.3 is 0 Å². The molecule has 0 fully saturated rings. The molecule has 0 unspecified atom stereocenters. The van der Waals surface area contributed by atoms with Crippen molar-refractivity contribution in [2.24, 2.45) is 7.05 Å². The first-order valence-corrected chi connectivity index (χ1v) is 5.51. The Hall–Kier alpha value is -1.13. The molecule has 0 bridgehead atoms. The molecule has 0 saturated carbocycles. The average Bonchev–Trinajstić information content (AvgIpc) is 2.56. The van der Waals surface area contributed by atoms with E-state index in [1.165, 1.54) is 6.20 Å². The van der Waals surface area contributed by atoms with Crippen LogP contribution in [0.25, 0.3) is 11.0 Å². The molecule has 16 heavy (non-hydrogen) atoms. The highest BCUT2D eigenvalue weighted by Crippen LogP contribution is 2.29. The van der Waals surface area contributed by atoms with Crippen LogP contribution in [0, 0.1) is 0 Å². The smallest absolute Gasteiger partial charge is 0.255 e. The first-order valence-electron chi connectivity index (χ1n) is 4.76. The molecule has 0 amide bonds. The molecule has 0 saturated heterocycles. The molecule has 0 spiro atoms. The van der Waals surface area contributed by atoms with Crippen molar-refractivity contribution in [3.8, 4) is 0 Å². The molecule has 2 aromatic rings. The number of carbonyl (C=O) groups is 1. The Morgan fingerprint density at radius 1 is 1.56 bits per heavy atom. The van der Waals surface area contributed by atoms with Gasteiger partial charge in [0.05, 0.1) is 21.7 Å². The second-order valence-corrected chi connectivity index (χ2v) is 4.10. The number of pyridine rings is 1. The highest BCUT2D eigenvalue weighted by molar-refractivity contribution is 6.69. The Balaban J connectivity index is 2.86. The normalized spacial score (nSPS) is 11.0. The van der Waals surface area contributed by atoms with Crippen LogP contribution >= 0.6 is 23.2 Å². The van der Waals surface area contributed by atoms with Crippen LogP contribution in [0.4, 0.5) is 0 Å². The Labute approximate surface area is 102 Å². The van der Waals surface area contributed by atoms with Crippen molar-refractivity contribution in [3.05, 3.63) is 22.5 Å². The molecule has 0 aromatic carbocycles. The van der Waals surface area contributed by atoms with Crippen molar-refractivity contribution >= 4 is 39.5 Å². The highest BCUT2D eigenvalue weighted by atomic mass is 35.5. The van der Waals surface area contributed by atoms with Gasteiger partial charge in [0.2, 0.25) is 0 Å². The monoisotopic (exact) mass is 257 g/mol. The van der Waals surface area contributed by atoms with Gasteiger partial charge in [-0.05, 0) is 18.0 Å². The Kier molecular flexibility index (Phi) is 2.86. The van der Waals surface area contributed by atoms with E-state index in [9.17, 15) is 4.79 Å². The van der Waals surface area contributed by atoms with Crippen molar-refractivity contribution in [2.75, 3.05) is 0 Å². The summed E-state index contributed by atoms with van der Waals surface area (Å²) < 4.78 is 1.64. The van der Waals surface area contributed by atoms with Crippen LogP contribution in [0.1, 0.15) is 23.0 Å². The van der Waals surface area contributed by atoms with Crippen LogP contribution < -0.4 is 0 Å². The summed E-state index contributed by atoms with van der Waals surface area (Å²) >= 11 is 11.6. The van der Waals surface area contributed by atoms with Crippen molar-refractivity contribution in [3.63, 3.8) is 0 Å². The summed E-state index contributed by atoms with van der Waals surface area (Å²) in [6.07, 6.45) is 2.10. The van der Waals surface area contributed by atoms with E-state index >= 15 is 0 Å². The number of fused-ring (bicyclic) bond motifs is 1. The Morgan fingerprint density at radius 2 is 2.25 bits per heavy atom. The van der Waals surface area contributed by atoms with E-state index in [1.54, 1.807) is 11.7 Å². The van der Waals surface area contributed by atoms with E-state index in [0.29, 0.717) is 16.1 Å². The number of hydrogen-bond acceptors (Lipinski definition) is 3. The summed E-state index contributed by atoms with van der Waals surface area (Å²) in [5.41, 5.74) is 1.69. The highest BCUT2D eigenvalue weighted by Gasteiger charge is 2.17. The lowest BCUT2D eigenvalue weighted by molar-refractivity contribution is 0.108. The third-order valence-corrected chi connectivity index (χ3v) is 3.00. The zero-order valence-corrected chi connectivity index (χ0v) is 10.3. The van der Waals surface area contributed by atoms with Crippen molar-refractivity contribution in [1.29, 1.82) is 0 Å². The first kappa shape index (κ1) is 11.4. The zero-order chi connectivity index (χ0) is 11.9. The summed E-state index contributed by atoms with van der Waals surface area (Å²) in [7, 11) is 1.78. The number of aromatic nitrogens is 3. The van der Waals surface area contributed by atoms with Gasteiger partial charge < -0.3 is 0 Å². The van der Waals surface area contributed by atoms with Crippen LogP contribution in [-0.2, 0) is 13.5 Å². The molecular weight excluding hydrogens is 249 g/mol. The first-order chi connectivity index (χ1) is 7.56. The maximum absolute atomic E-state index is 11.1. The van der Waals surface area contributed by atoms with Crippen molar-refractivity contribution in [2.45, 2.75) is 13.3 Å². The average molecular weight is 258 g/mol. The van der Waals surface area contributed by atoms with Crippen molar-refractivity contribution < 1.29 is 4.79 Å². The predicted molar refractivity (Wildman–Crippen MR) is 63.1 cm³/mol. The zero-order valence-electron chi connectivity index (χ0n) is 8.79. The minimum atomic E-state index is -0.606. The molecule has 2 rings (SSSR count). The van der Waals surface area contributed by atoms with Gasteiger partial charge in [0.25, 0.3) is 5.24 Å².